The van der Waals surface area contributed by atoms with Crippen LogP contribution in [0.15, 0.2) is 18.2 Å². The molecule has 1 unspecified atom stereocenters. The van der Waals surface area contributed by atoms with Crippen LogP contribution in [0.3, 0.4) is 0 Å². The predicted octanol–water partition coefficient (Wildman–Crippen LogP) is 8.00. The summed E-state index contributed by atoms with van der Waals surface area (Å²) in [4.78, 5) is 0. The van der Waals surface area contributed by atoms with Crippen molar-refractivity contribution in [1.82, 2.24) is 0 Å². The predicted molar refractivity (Wildman–Crippen MR) is 116 cm³/mol. The molecule has 0 aromatic heterocycles. The largest absolute Gasteiger partial charge is 0.416 e. The molecular weight excluding hydrogens is 375 g/mol. The Morgan fingerprint density at radius 1 is 0.931 bits per heavy atom. The van der Waals surface area contributed by atoms with Gasteiger partial charge in [-0.15, -0.1) is 0 Å². The SMILES string of the molecule is CCCCCCCCC(C(C)(C)C)C(C)(C)OCc1ccc(N)cc1C(F)(F)F. The van der Waals surface area contributed by atoms with E-state index >= 15 is 0 Å². The summed E-state index contributed by atoms with van der Waals surface area (Å²) in [5.74, 6) is 0.240. The van der Waals surface area contributed by atoms with Crippen LogP contribution in [0.1, 0.15) is 97.6 Å². The topological polar surface area (TPSA) is 35.2 Å². The van der Waals surface area contributed by atoms with E-state index in [1.807, 2.05) is 13.8 Å². The number of nitrogens with two attached hydrogens (primary N) is 1. The highest BCUT2D eigenvalue weighted by Gasteiger charge is 2.39. The number of rotatable bonds is 11. The second-order valence-corrected chi connectivity index (χ2v) is 9.78. The van der Waals surface area contributed by atoms with E-state index in [4.69, 9.17) is 10.5 Å². The molecular formula is C24H40F3NO. The molecule has 0 aliphatic heterocycles. The fraction of sp³-hybridized carbons (Fsp3) is 0.750. The van der Waals surface area contributed by atoms with Gasteiger partial charge in [0.05, 0.1) is 17.8 Å². The zero-order chi connectivity index (χ0) is 22.3. The van der Waals surface area contributed by atoms with Gasteiger partial charge in [0.25, 0.3) is 0 Å². The molecule has 5 heteroatoms. The second kappa shape index (κ2) is 10.7. The number of benzene rings is 1. The lowest BCUT2D eigenvalue weighted by atomic mass is 9.69. The molecule has 0 heterocycles. The number of halogens is 3. The molecule has 0 amide bonds. The first-order valence-corrected chi connectivity index (χ1v) is 10.9. The number of unbranched alkanes of at least 4 members (excludes halogenated alkanes) is 5. The van der Waals surface area contributed by atoms with E-state index in [-0.39, 0.29) is 29.2 Å². The maximum Gasteiger partial charge on any atom is 0.416 e. The lowest BCUT2D eigenvalue weighted by molar-refractivity contribution is -0.141. The van der Waals surface area contributed by atoms with Gasteiger partial charge in [-0.05, 0) is 49.3 Å². The van der Waals surface area contributed by atoms with Crippen LogP contribution >= 0.6 is 0 Å². The molecule has 1 rings (SSSR count). The maximum atomic E-state index is 13.4. The monoisotopic (exact) mass is 415 g/mol. The van der Waals surface area contributed by atoms with Crippen LogP contribution in [0.5, 0.6) is 0 Å². The summed E-state index contributed by atoms with van der Waals surface area (Å²) in [5.41, 5.74) is 4.56. The second-order valence-electron chi connectivity index (χ2n) is 9.78. The van der Waals surface area contributed by atoms with Crippen molar-refractivity contribution < 1.29 is 17.9 Å². The van der Waals surface area contributed by atoms with Gasteiger partial charge in [-0.25, -0.2) is 0 Å². The first-order chi connectivity index (χ1) is 13.3. The van der Waals surface area contributed by atoms with Crippen molar-refractivity contribution in [3.05, 3.63) is 29.3 Å². The van der Waals surface area contributed by atoms with Crippen LogP contribution in [-0.2, 0) is 17.5 Å². The maximum absolute atomic E-state index is 13.4. The van der Waals surface area contributed by atoms with Gasteiger partial charge in [0, 0.05) is 5.69 Å². The van der Waals surface area contributed by atoms with Gasteiger partial charge >= 0.3 is 6.18 Å². The minimum Gasteiger partial charge on any atom is -0.399 e. The highest BCUT2D eigenvalue weighted by molar-refractivity contribution is 5.45. The van der Waals surface area contributed by atoms with Gasteiger partial charge in [-0.1, -0.05) is 72.3 Å². The Kier molecular flexibility index (Phi) is 9.52. The molecule has 0 saturated heterocycles. The van der Waals surface area contributed by atoms with Crippen molar-refractivity contribution in [2.75, 3.05) is 5.73 Å². The van der Waals surface area contributed by atoms with Crippen molar-refractivity contribution in [1.29, 1.82) is 0 Å². The lowest BCUT2D eigenvalue weighted by Crippen LogP contribution is -2.42. The van der Waals surface area contributed by atoms with E-state index in [1.165, 1.54) is 44.2 Å². The van der Waals surface area contributed by atoms with Crippen LogP contribution in [0.25, 0.3) is 0 Å². The van der Waals surface area contributed by atoms with Gasteiger partial charge in [-0.2, -0.15) is 13.2 Å². The molecule has 2 nitrogen and oxygen atoms in total. The molecule has 0 saturated carbocycles. The third kappa shape index (κ3) is 8.57. The fourth-order valence-electron chi connectivity index (χ4n) is 4.30. The quantitative estimate of drug-likeness (QED) is 0.293. The third-order valence-electron chi connectivity index (χ3n) is 5.77. The lowest BCUT2D eigenvalue weighted by Gasteiger charge is -2.43. The summed E-state index contributed by atoms with van der Waals surface area (Å²) >= 11 is 0. The zero-order valence-electron chi connectivity index (χ0n) is 19.1. The van der Waals surface area contributed by atoms with E-state index in [0.717, 1.165) is 18.9 Å². The van der Waals surface area contributed by atoms with Crippen LogP contribution < -0.4 is 5.73 Å². The Bertz CT molecular complexity index is 618. The number of ether oxygens (including phenoxy) is 1. The molecule has 0 spiro atoms. The van der Waals surface area contributed by atoms with Crippen LogP contribution in [0.4, 0.5) is 18.9 Å². The number of hydrogen-bond donors (Lipinski definition) is 1. The zero-order valence-corrected chi connectivity index (χ0v) is 19.1. The Morgan fingerprint density at radius 3 is 2.07 bits per heavy atom. The number of anilines is 1. The summed E-state index contributed by atoms with van der Waals surface area (Å²) in [5, 5.41) is 0. The summed E-state index contributed by atoms with van der Waals surface area (Å²) in [6, 6.07) is 3.91. The van der Waals surface area contributed by atoms with Crippen LogP contribution in [0.2, 0.25) is 0 Å². The molecule has 29 heavy (non-hydrogen) atoms. The van der Waals surface area contributed by atoms with E-state index in [0.29, 0.717) is 0 Å². The molecule has 0 aliphatic carbocycles. The summed E-state index contributed by atoms with van der Waals surface area (Å²) < 4.78 is 46.3. The molecule has 168 valence electrons. The number of alkyl halides is 3. The number of nitrogen functional groups attached to an aromatic ring is 1. The van der Waals surface area contributed by atoms with E-state index in [2.05, 4.69) is 27.7 Å². The van der Waals surface area contributed by atoms with Gasteiger partial charge in [-0.3, -0.25) is 0 Å². The minimum atomic E-state index is -4.44. The van der Waals surface area contributed by atoms with Crippen LogP contribution in [0, 0.1) is 11.3 Å². The first-order valence-electron chi connectivity index (χ1n) is 10.9. The van der Waals surface area contributed by atoms with Gasteiger partial charge in [0.15, 0.2) is 0 Å². The highest BCUT2D eigenvalue weighted by atomic mass is 19.4. The van der Waals surface area contributed by atoms with E-state index in [1.54, 1.807) is 0 Å². The Labute approximate surface area is 175 Å². The molecule has 0 radical (unpaired) electrons. The standard InChI is InChI=1S/C24H40F3NO/c1-7-8-9-10-11-12-13-21(22(2,3)4)23(5,6)29-17-18-14-15-19(28)16-20(18)24(25,26)27/h14-16,21H,7-13,17,28H2,1-6H3. The van der Waals surface area contributed by atoms with Crippen molar-refractivity contribution in [2.45, 2.75) is 105 Å². The average Bonchev–Trinajstić information content (AvgIpc) is 2.57. The van der Waals surface area contributed by atoms with E-state index < -0.39 is 17.3 Å². The highest BCUT2D eigenvalue weighted by Crippen LogP contribution is 2.41. The van der Waals surface area contributed by atoms with Crippen LogP contribution in [-0.4, -0.2) is 5.60 Å². The minimum absolute atomic E-state index is 0.000885. The smallest absolute Gasteiger partial charge is 0.399 e. The van der Waals surface area contributed by atoms with Crippen molar-refractivity contribution in [2.24, 2.45) is 11.3 Å². The third-order valence-corrected chi connectivity index (χ3v) is 5.77. The van der Waals surface area contributed by atoms with E-state index in [9.17, 15) is 13.2 Å². The van der Waals surface area contributed by atoms with Gasteiger partial charge in [0.2, 0.25) is 0 Å². The molecule has 0 bridgehead atoms. The first kappa shape index (κ1) is 25.8. The molecule has 2 N–H and O–H groups in total. The Hall–Kier alpha value is -1.23. The van der Waals surface area contributed by atoms with Gasteiger partial charge < -0.3 is 10.5 Å². The normalized spacial score (nSPS) is 14.2. The molecule has 1 aromatic carbocycles. The van der Waals surface area contributed by atoms with Crippen molar-refractivity contribution in [3.8, 4) is 0 Å². The van der Waals surface area contributed by atoms with Gasteiger partial charge in [0.1, 0.15) is 0 Å². The van der Waals surface area contributed by atoms with Crippen molar-refractivity contribution in [3.63, 3.8) is 0 Å². The molecule has 1 aromatic rings. The molecule has 0 fully saturated rings. The Morgan fingerprint density at radius 2 is 1.52 bits per heavy atom. The average molecular weight is 416 g/mol. The number of hydrogen-bond acceptors (Lipinski definition) is 2. The fourth-order valence-corrected chi connectivity index (χ4v) is 4.30. The summed E-state index contributed by atoms with van der Waals surface area (Å²) in [7, 11) is 0. The summed E-state index contributed by atoms with van der Waals surface area (Å²) in [6.07, 6.45) is 3.90. The summed E-state index contributed by atoms with van der Waals surface area (Å²) in [6.45, 7) is 12.7. The van der Waals surface area contributed by atoms with Crippen molar-refractivity contribution >= 4 is 5.69 Å². The Balaban J connectivity index is 2.83. The molecule has 0 aliphatic rings. The molecule has 1 atom stereocenters.